The van der Waals surface area contributed by atoms with E-state index in [-0.39, 0.29) is 6.61 Å². The summed E-state index contributed by atoms with van der Waals surface area (Å²) < 4.78 is 2.36. The summed E-state index contributed by atoms with van der Waals surface area (Å²) in [7, 11) is 0. The first-order chi connectivity index (χ1) is 17.1. The third-order valence-electron chi connectivity index (χ3n) is 7.51. The second-order valence-corrected chi connectivity index (χ2v) is 9.95. The fraction of sp³-hybridized carbons (Fsp3) is 0.462. The SMILES string of the molecule is C[C@H]1CC[C@H](n2c3cnccc3c3cnc(Nc4ccc5c(n4)[C@H](O)CN(CCO)C5)nc32)CC1. The molecule has 1 aliphatic carbocycles. The van der Waals surface area contributed by atoms with Gasteiger partial charge in [0.15, 0.2) is 0 Å². The van der Waals surface area contributed by atoms with Crippen LogP contribution in [0.4, 0.5) is 11.8 Å². The maximum Gasteiger partial charge on any atom is 0.230 e. The zero-order valence-corrected chi connectivity index (χ0v) is 19.9. The highest BCUT2D eigenvalue weighted by atomic mass is 16.3. The van der Waals surface area contributed by atoms with Crippen molar-refractivity contribution in [3.05, 3.63) is 48.0 Å². The minimum Gasteiger partial charge on any atom is -0.395 e. The maximum atomic E-state index is 10.6. The van der Waals surface area contributed by atoms with Crippen LogP contribution in [-0.4, -0.2) is 59.3 Å². The summed E-state index contributed by atoms with van der Waals surface area (Å²) in [5.41, 5.74) is 3.67. The van der Waals surface area contributed by atoms with Crippen molar-refractivity contribution in [1.29, 1.82) is 0 Å². The average Bonchev–Trinajstić information content (AvgIpc) is 3.19. The fourth-order valence-electron chi connectivity index (χ4n) is 5.66. The van der Waals surface area contributed by atoms with Crippen molar-refractivity contribution in [2.45, 2.75) is 51.3 Å². The quantitative estimate of drug-likeness (QED) is 0.402. The predicted molar refractivity (Wildman–Crippen MR) is 134 cm³/mol. The van der Waals surface area contributed by atoms with Crippen LogP contribution in [-0.2, 0) is 6.54 Å². The van der Waals surface area contributed by atoms with Crippen LogP contribution in [0.5, 0.6) is 0 Å². The van der Waals surface area contributed by atoms with Crippen LogP contribution >= 0.6 is 0 Å². The number of anilines is 2. The van der Waals surface area contributed by atoms with Gasteiger partial charge >= 0.3 is 0 Å². The minimum atomic E-state index is -0.695. The van der Waals surface area contributed by atoms with Gasteiger partial charge in [-0.05, 0) is 49.3 Å². The molecule has 0 spiro atoms. The van der Waals surface area contributed by atoms with Crippen LogP contribution in [0.1, 0.15) is 56.0 Å². The highest BCUT2D eigenvalue weighted by Crippen LogP contribution is 2.38. The molecule has 1 fully saturated rings. The Balaban J connectivity index is 1.35. The number of hydrogen-bond acceptors (Lipinski definition) is 8. The molecule has 0 bridgehead atoms. The van der Waals surface area contributed by atoms with Gasteiger partial charge < -0.3 is 20.1 Å². The van der Waals surface area contributed by atoms with E-state index in [1.54, 1.807) is 0 Å². The van der Waals surface area contributed by atoms with Gasteiger partial charge in [-0.3, -0.25) is 9.88 Å². The summed E-state index contributed by atoms with van der Waals surface area (Å²) >= 11 is 0. The molecule has 5 heterocycles. The molecule has 182 valence electrons. The van der Waals surface area contributed by atoms with E-state index in [4.69, 9.17) is 4.98 Å². The first kappa shape index (κ1) is 22.3. The van der Waals surface area contributed by atoms with Crippen LogP contribution in [0.25, 0.3) is 21.9 Å². The number of fused-ring (bicyclic) bond motifs is 4. The maximum absolute atomic E-state index is 10.6. The number of aliphatic hydroxyl groups excluding tert-OH is 2. The molecular weight excluding hydrogens is 442 g/mol. The molecule has 35 heavy (non-hydrogen) atoms. The Hall–Kier alpha value is -3.14. The third-order valence-corrected chi connectivity index (χ3v) is 7.51. The second-order valence-electron chi connectivity index (χ2n) is 9.95. The number of pyridine rings is 2. The predicted octanol–water partition coefficient (Wildman–Crippen LogP) is 3.71. The number of hydrogen-bond donors (Lipinski definition) is 3. The number of aromatic nitrogens is 5. The molecule has 4 aromatic heterocycles. The number of nitrogens with zero attached hydrogens (tertiary/aromatic N) is 6. The van der Waals surface area contributed by atoms with Gasteiger partial charge in [-0.15, -0.1) is 0 Å². The van der Waals surface area contributed by atoms with Crippen molar-refractivity contribution in [2.75, 3.05) is 25.0 Å². The molecule has 3 N–H and O–H groups in total. The van der Waals surface area contributed by atoms with E-state index in [0.29, 0.717) is 43.1 Å². The first-order valence-corrected chi connectivity index (χ1v) is 12.5. The highest BCUT2D eigenvalue weighted by Gasteiger charge is 2.26. The summed E-state index contributed by atoms with van der Waals surface area (Å²) in [5.74, 6) is 1.86. The average molecular weight is 474 g/mol. The third kappa shape index (κ3) is 4.13. The van der Waals surface area contributed by atoms with Crippen LogP contribution < -0.4 is 5.32 Å². The summed E-state index contributed by atoms with van der Waals surface area (Å²) in [5, 5.41) is 25.3. The van der Waals surface area contributed by atoms with Crippen LogP contribution in [0.3, 0.4) is 0 Å². The van der Waals surface area contributed by atoms with Gasteiger partial charge in [-0.1, -0.05) is 13.0 Å². The van der Waals surface area contributed by atoms with Crippen LogP contribution in [0.2, 0.25) is 0 Å². The Morgan fingerprint density at radius 1 is 1.06 bits per heavy atom. The highest BCUT2D eigenvalue weighted by molar-refractivity contribution is 6.06. The van der Waals surface area contributed by atoms with Crippen LogP contribution in [0.15, 0.2) is 36.8 Å². The molecule has 1 saturated carbocycles. The Morgan fingerprint density at radius 3 is 2.74 bits per heavy atom. The van der Waals surface area contributed by atoms with E-state index >= 15 is 0 Å². The van der Waals surface area contributed by atoms with Crippen molar-refractivity contribution >= 4 is 33.7 Å². The molecule has 0 radical (unpaired) electrons. The van der Waals surface area contributed by atoms with Gasteiger partial charge in [0.1, 0.15) is 17.6 Å². The van der Waals surface area contributed by atoms with Gasteiger partial charge in [0.05, 0.1) is 24.0 Å². The van der Waals surface area contributed by atoms with E-state index in [0.717, 1.165) is 46.3 Å². The lowest BCUT2D eigenvalue weighted by atomic mass is 9.87. The van der Waals surface area contributed by atoms with Crippen molar-refractivity contribution in [1.82, 2.24) is 29.4 Å². The van der Waals surface area contributed by atoms with Crippen LogP contribution in [0, 0.1) is 5.92 Å². The number of aliphatic hydroxyl groups is 2. The summed E-state index contributed by atoms with van der Waals surface area (Å²) in [6.07, 6.45) is 9.67. The van der Waals surface area contributed by atoms with Crippen molar-refractivity contribution in [3.8, 4) is 0 Å². The molecule has 0 aromatic carbocycles. The van der Waals surface area contributed by atoms with Gasteiger partial charge in [-0.25, -0.2) is 9.97 Å². The summed E-state index contributed by atoms with van der Waals surface area (Å²) in [6.45, 7) is 4.06. The van der Waals surface area contributed by atoms with Crippen molar-refractivity contribution in [2.24, 2.45) is 5.92 Å². The topological polar surface area (TPSA) is 112 Å². The number of rotatable bonds is 5. The lowest BCUT2D eigenvalue weighted by Gasteiger charge is -2.31. The molecule has 2 aliphatic rings. The fourth-order valence-corrected chi connectivity index (χ4v) is 5.66. The van der Waals surface area contributed by atoms with Crippen molar-refractivity contribution < 1.29 is 10.2 Å². The van der Waals surface area contributed by atoms with E-state index in [1.807, 2.05) is 41.7 Å². The molecule has 0 saturated heterocycles. The number of nitrogens with one attached hydrogen (secondary N) is 1. The van der Waals surface area contributed by atoms with Gasteiger partial charge in [0.25, 0.3) is 0 Å². The Labute approximate surface area is 203 Å². The first-order valence-electron chi connectivity index (χ1n) is 12.5. The lowest BCUT2D eigenvalue weighted by Crippen LogP contribution is -2.36. The zero-order chi connectivity index (χ0) is 23.9. The van der Waals surface area contributed by atoms with E-state index < -0.39 is 6.10 Å². The Bertz CT molecular complexity index is 1360. The molecule has 0 unspecified atom stereocenters. The number of β-amino-alcohol motifs (C(OH)–C–C–N with tert-alkyl or cyclic N) is 2. The summed E-state index contributed by atoms with van der Waals surface area (Å²) in [4.78, 5) is 20.6. The van der Waals surface area contributed by atoms with E-state index in [1.165, 1.54) is 12.8 Å². The largest absolute Gasteiger partial charge is 0.395 e. The van der Waals surface area contributed by atoms with E-state index in [2.05, 4.69) is 31.8 Å². The molecule has 9 nitrogen and oxygen atoms in total. The second kappa shape index (κ2) is 9.14. The Kier molecular flexibility index (Phi) is 5.83. The molecular formula is C26H31N7O2. The minimum absolute atomic E-state index is 0.0711. The standard InChI is InChI=1S/C26H31N7O2/c1-16-2-5-18(6-3-16)33-21-13-27-9-8-19(21)20-12-28-26(31-25(20)33)30-23-7-4-17-14-32(10-11-34)15-22(35)24(17)29-23/h4,7-9,12-13,16,18,22,34-35H,2-3,5-6,10-11,14-15H2,1H3,(H,28,29,30,31)/t16-,18-,22-/m1/s1. The van der Waals surface area contributed by atoms with Gasteiger partial charge in [0.2, 0.25) is 5.95 Å². The molecule has 0 amide bonds. The molecule has 6 rings (SSSR count). The van der Waals surface area contributed by atoms with Gasteiger partial charge in [-0.2, -0.15) is 4.98 Å². The zero-order valence-electron chi connectivity index (χ0n) is 19.9. The molecule has 9 heteroatoms. The lowest BCUT2D eigenvalue weighted by molar-refractivity contribution is 0.0771. The van der Waals surface area contributed by atoms with Crippen molar-refractivity contribution in [3.63, 3.8) is 0 Å². The smallest absolute Gasteiger partial charge is 0.230 e. The monoisotopic (exact) mass is 473 g/mol. The summed E-state index contributed by atoms with van der Waals surface area (Å²) in [6, 6.07) is 6.31. The molecule has 4 aromatic rings. The molecule has 1 aliphatic heterocycles. The Morgan fingerprint density at radius 2 is 1.91 bits per heavy atom. The van der Waals surface area contributed by atoms with E-state index in [9.17, 15) is 10.2 Å². The molecule has 1 atom stereocenters. The van der Waals surface area contributed by atoms with Gasteiger partial charge in [0, 0.05) is 48.8 Å². The normalized spacial score (nSPS) is 23.0.